The van der Waals surface area contributed by atoms with Gasteiger partial charge in [0.2, 0.25) is 0 Å². The second-order valence-corrected chi connectivity index (χ2v) is 3.92. The van der Waals surface area contributed by atoms with Crippen molar-refractivity contribution in [3.8, 4) is 0 Å². The number of anilines is 1. The Balaban J connectivity index is 1.92. The maximum atomic E-state index is 10.8. The van der Waals surface area contributed by atoms with Crippen LogP contribution in [0, 0.1) is 0 Å². The number of nitrogens with zero attached hydrogens (tertiary/aromatic N) is 3. The second-order valence-electron chi connectivity index (χ2n) is 3.92. The summed E-state index contributed by atoms with van der Waals surface area (Å²) in [4.78, 5) is 10.8. The number of carboxylic acid groups (broad SMARTS) is 1. The van der Waals surface area contributed by atoms with E-state index in [2.05, 4.69) is 15.5 Å². The zero-order valence-corrected chi connectivity index (χ0v) is 10.00. The van der Waals surface area contributed by atoms with Crippen molar-refractivity contribution in [1.82, 2.24) is 14.8 Å². The summed E-state index contributed by atoms with van der Waals surface area (Å²) in [5, 5.41) is 19.8. The third-order valence-electron chi connectivity index (χ3n) is 2.59. The number of carbonyl (C=O) groups is 1. The predicted octanol–water partition coefficient (Wildman–Crippen LogP) is 1.17. The van der Waals surface area contributed by atoms with Gasteiger partial charge in [0, 0.05) is 25.7 Å². The van der Waals surface area contributed by atoms with E-state index >= 15 is 0 Å². The van der Waals surface area contributed by atoms with E-state index in [1.54, 1.807) is 24.5 Å². The van der Waals surface area contributed by atoms with Crippen molar-refractivity contribution in [2.75, 3.05) is 11.9 Å². The number of aromatic nitrogens is 3. The highest BCUT2D eigenvalue weighted by Gasteiger charge is 2.03. The molecule has 0 bridgehead atoms. The van der Waals surface area contributed by atoms with E-state index in [-0.39, 0.29) is 5.56 Å². The van der Waals surface area contributed by atoms with E-state index in [1.807, 2.05) is 17.7 Å². The number of benzene rings is 1. The molecule has 2 rings (SSSR count). The van der Waals surface area contributed by atoms with Crippen LogP contribution in [0.3, 0.4) is 0 Å². The van der Waals surface area contributed by atoms with Crippen LogP contribution in [0.5, 0.6) is 0 Å². The molecule has 0 fully saturated rings. The van der Waals surface area contributed by atoms with Gasteiger partial charge in [-0.3, -0.25) is 0 Å². The molecule has 0 spiro atoms. The molecule has 0 aliphatic heterocycles. The van der Waals surface area contributed by atoms with Crippen molar-refractivity contribution < 1.29 is 9.90 Å². The van der Waals surface area contributed by atoms with Gasteiger partial charge in [0.05, 0.1) is 5.56 Å². The molecule has 0 radical (unpaired) electrons. The lowest BCUT2D eigenvalue weighted by Crippen LogP contribution is -2.09. The normalized spacial score (nSPS) is 10.3. The van der Waals surface area contributed by atoms with Gasteiger partial charge in [0.1, 0.15) is 12.2 Å². The van der Waals surface area contributed by atoms with Gasteiger partial charge >= 0.3 is 5.97 Å². The summed E-state index contributed by atoms with van der Waals surface area (Å²) >= 11 is 0. The van der Waals surface area contributed by atoms with E-state index in [0.29, 0.717) is 6.54 Å². The molecule has 0 aliphatic rings. The Bertz CT molecular complexity index is 551. The van der Waals surface area contributed by atoms with E-state index in [1.165, 1.54) is 0 Å². The van der Waals surface area contributed by atoms with Crippen LogP contribution in [0.15, 0.2) is 30.6 Å². The fourth-order valence-electron chi connectivity index (χ4n) is 1.61. The minimum absolute atomic E-state index is 0.277. The number of aryl methyl sites for hydroxylation is 1. The predicted molar refractivity (Wildman–Crippen MR) is 66.6 cm³/mol. The molecule has 0 saturated heterocycles. The standard InChI is InChI=1S/C12H14N4O2/c1-16-8-14-15-11(16)5-6-13-10-4-2-3-9(7-10)12(17)18/h2-4,7-8,13H,5-6H2,1H3,(H,17,18). The first-order chi connectivity index (χ1) is 8.66. The van der Waals surface area contributed by atoms with Gasteiger partial charge in [-0.25, -0.2) is 4.79 Å². The Morgan fingerprint density at radius 3 is 3.00 bits per heavy atom. The van der Waals surface area contributed by atoms with Crippen molar-refractivity contribution in [2.24, 2.45) is 7.05 Å². The van der Waals surface area contributed by atoms with E-state index in [9.17, 15) is 4.79 Å². The zero-order valence-electron chi connectivity index (χ0n) is 10.00. The lowest BCUT2D eigenvalue weighted by atomic mass is 10.2. The van der Waals surface area contributed by atoms with Gasteiger partial charge in [-0.1, -0.05) is 6.07 Å². The highest BCUT2D eigenvalue weighted by atomic mass is 16.4. The molecule has 0 aliphatic carbocycles. The van der Waals surface area contributed by atoms with Gasteiger partial charge in [-0.05, 0) is 18.2 Å². The monoisotopic (exact) mass is 246 g/mol. The third-order valence-corrected chi connectivity index (χ3v) is 2.59. The average molecular weight is 246 g/mol. The van der Waals surface area contributed by atoms with Crippen molar-refractivity contribution in [2.45, 2.75) is 6.42 Å². The molecule has 2 N–H and O–H groups in total. The molecular weight excluding hydrogens is 232 g/mol. The Labute approximate surface area is 104 Å². The number of carboxylic acids is 1. The summed E-state index contributed by atoms with van der Waals surface area (Å²) in [6.07, 6.45) is 2.38. The van der Waals surface area contributed by atoms with Gasteiger partial charge in [0.25, 0.3) is 0 Å². The van der Waals surface area contributed by atoms with E-state index in [4.69, 9.17) is 5.11 Å². The lowest BCUT2D eigenvalue weighted by molar-refractivity contribution is 0.0697. The SMILES string of the molecule is Cn1cnnc1CCNc1cccc(C(=O)O)c1. The molecule has 94 valence electrons. The minimum atomic E-state index is -0.924. The molecule has 6 heteroatoms. The Morgan fingerprint density at radius 1 is 1.50 bits per heavy atom. The first-order valence-corrected chi connectivity index (χ1v) is 5.57. The molecular formula is C12H14N4O2. The highest BCUT2D eigenvalue weighted by molar-refractivity contribution is 5.88. The summed E-state index contributed by atoms with van der Waals surface area (Å²) < 4.78 is 1.86. The molecule has 0 saturated carbocycles. The molecule has 1 aromatic carbocycles. The molecule has 2 aromatic rings. The number of nitrogens with one attached hydrogen (secondary N) is 1. The van der Waals surface area contributed by atoms with Crippen LogP contribution in [0.2, 0.25) is 0 Å². The molecule has 0 unspecified atom stereocenters. The molecule has 0 atom stereocenters. The van der Waals surface area contributed by atoms with Gasteiger partial charge in [-0.2, -0.15) is 0 Å². The number of hydrogen-bond acceptors (Lipinski definition) is 4. The second kappa shape index (κ2) is 5.31. The molecule has 18 heavy (non-hydrogen) atoms. The van der Waals surface area contributed by atoms with Crippen LogP contribution in [0.1, 0.15) is 16.2 Å². The smallest absolute Gasteiger partial charge is 0.335 e. The summed E-state index contributed by atoms with van der Waals surface area (Å²) in [7, 11) is 1.89. The van der Waals surface area contributed by atoms with Crippen LogP contribution in [-0.4, -0.2) is 32.4 Å². The lowest BCUT2D eigenvalue weighted by Gasteiger charge is -2.06. The maximum absolute atomic E-state index is 10.8. The third kappa shape index (κ3) is 2.85. The Morgan fingerprint density at radius 2 is 2.33 bits per heavy atom. The first-order valence-electron chi connectivity index (χ1n) is 5.57. The Kier molecular flexibility index (Phi) is 3.57. The van der Waals surface area contributed by atoms with Crippen molar-refractivity contribution in [3.63, 3.8) is 0 Å². The quantitative estimate of drug-likeness (QED) is 0.827. The summed E-state index contributed by atoms with van der Waals surface area (Å²) in [5.41, 5.74) is 1.07. The van der Waals surface area contributed by atoms with E-state index in [0.717, 1.165) is 17.9 Å². The highest BCUT2D eigenvalue weighted by Crippen LogP contribution is 2.10. The summed E-state index contributed by atoms with van der Waals surface area (Å²) in [6.45, 7) is 0.676. The molecule has 6 nitrogen and oxygen atoms in total. The maximum Gasteiger partial charge on any atom is 0.335 e. The summed E-state index contributed by atoms with van der Waals surface area (Å²) in [5.74, 6) is -0.0381. The van der Waals surface area contributed by atoms with Crippen LogP contribution in [-0.2, 0) is 13.5 Å². The van der Waals surface area contributed by atoms with Crippen molar-refractivity contribution in [1.29, 1.82) is 0 Å². The number of hydrogen-bond donors (Lipinski definition) is 2. The fourth-order valence-corrected chi connectivity index (χ4v) is 1.61. The van der Waals surface area contributed by atoms with Crippen LogP contribution >= 0.6 is 0 Å². The summed E-state index contributed by atoms with van der Waals surface area (Å²) in [6, 6.07) is 6.73. The molecule has 1 heterocycles. The topological polar surface area (TPSA) is 80.0 Å². The largest absolute Gasteiger partial charge is 0.478 e. The van der Waals surface area contributed by atoms with Gasteiger partial charge in [-0.15, -0.1) is 10.2 Å². The average Bonchev–Trinajstić information content (AvgIpc) is 2.76. The van der Waals surface area contributed by atoms with Gasteiger partial charge < -0.3 is 15.0 Å². The Hall–Kier alpha value is -2.37. The molecule has 0 amide bonds. The zero-order chi connectivity index (χ0) is 13.0. The molecule has 1 aromatic heterocycles. The van der Waals surface area contributed by atoms with Crippen LogP contribution in [0.4, 0.5) is 5.69 Å². The van der Waals surface area contributed by atoms with Crippen molar-refractivity contribution >= 4 is 11.7 Å². The van der Waals surface area contributed by atoms with Crippen molar-refractivity contribution in [3.05, 3.63) is 42.0 Å². The minimum Gasteiger partial charge on any atom is -0.478 e. The first kappa shape index (κ1) is 12.1. The number of aromatic carboxylic acids is 1. The fraction of sp³-hybridized carbons (Fsp3) is 0.250. The van der Waals surface area contributed by atoms with Crippen LogP contribution in [0.25, 0.3) is 0 Å². The number of rotatable bonds is 5. The van der Waals surface area contributed by atoms with Crippen LogP contribution < -0.4 is 5.32 Å². The van der Waals surface area contributed by atoms with E-state index < -0.39 is 5.97 Å². The van der Waals surface area contributed by atoms with Gasteiger partial charge in [0.15, 0.2) is 0 Å².